The molecule has 1 N–H and O–H groups in total. The van der Waals surface area contributed by atoms with Crippen LogP contribution in [0.4, 0.5) is 0 Å². The van der Waals surface area contributed by atoms with Crippen LogP contribution in [0.2, 0.25) is 0 Å². The number of halogens is 1. The van der Waals surface area contributed by atoms with Gasteiger partial charge in [0, 0.05) is 16.3 Å². The molecule has 1 saturated heterocycles. The van der Waals surface area contributed by atoms with Crippen LogP contribution < -0.4 is 0 Å². The molecule has 0 aromatic carbocycles. The zero-order valence-electron chi connectivity index (χ0n) is 10.3. The van der Waals surface area contributed by atoms with E-state index in [4.69, 9.17) is 5.11 Å². The van der Waals surface area contributed by atoms with Gasteiger partial charge in [0.1, 0.15) is 0 Å². The summed E-state index contributed by atoms with van der Waals surface area (Å²) in [4.78, 5) is 33.8. The molecule has 2 bridgehead atoms. The molecule has 1 fully saturated rings. The third-order valence-electron chi connectivity index (χ3n) is 3.83. The fraction of sp³-hybridized carbons (Fsp3) is 0.700. The quantitative estimate of drug-likeness (QED) is 0.577. The molecule has 0 spiro atoms. The van der Waals surface area contributed by atoms with Crippen LogP contribution in [-0.2, 0) is 4.79 Å². The van der Waals surface area contributed by atoms with E-state index in [1.165, 1.54) is 11.0 Å². The Morgan fingerprint density at radius 3 is 2.55 bits per heavy atom. The second-order valence-corrected chi connectivity index (χ2v) is 6.10. The van der Waals surface area contributed by atoms with Crippen molar-refractivity contribution in [3.63, 3.8) is 0 Å². The highest BCUT2D eigenvalue weighted by Gasteiger charge is 2.65. The Morgan fingerprint density at radius 1 is 1.40 bits per heavy atom. The van der Waals surface area contributed by atoms with Crippen LogP contribution in [0.5, 0.6) is 0 Å². The van der Waals surface area contributed by atoms with E-state index in [-0.39, 0.29) is 30.4 Å². The summed E-state index contributed by atoms with van der Waals surface area (Å²) in [6, 6.07) is 0. The zero-order valence-corrected chi connectivity index (χ0v) is 11.9. The molecule has 0 aromatic heterocycles. The van der Waals surface area contributed by atoms with E-state index in [1.807, 2.05) is 0 Å². The molecule has 0 radical (unpaired) electrons. The van der Waals surface area contributed by atoms with Gasteiger partial charge in [-0.3, -0.25) is 29.9 Å². The third kappa shape index (κ3) is 2.18. The topological polar surface area (TPSA) is 127 Å². The number of rotatable bonds is 4. The third-order valence-corrected chi connectivity index (χ3v) is 4.89. The molecule has 2 atom stereocenters. The monoisotopic (exact) mass is 349 g/mol. The SMILES string of the molecule is O=C(O)CN1C[C@]2([N+](=O)[O-])CC=C(Br)[C@@]([N+](=O)[O-])(C1)C2. The predicted octanol–water partition coefficient (Wildman–Crippen LogP) is 0.490. The number of nitro groups is 2. The molecule has 2 aliphatic rings. The van der Waals surface area contributed by atoms with E-state index in [2.05, 4.69) is 15.9 Å². The first-order chi connectivity index (χ1) is 9.22. The highest BCUT2D eigenvalue weighted by molar-refractivity contribution is 9.11. The molecule has 0 unspecified atom stereocenters. The smallest absolute Gasteiger partial charge is 0.317 e. The van der Waals surface area contributed by atoms with Gasteiger partial charge in [0.15, 0.2) is 0 Å². The van der Waals surface area contributed by atoms with Gasteiger partial charge in [-0.15, -0.1) is 0 Å². The molecule has 1 heterocycles. The highest BCUT2D eigenvalue weighted by atomic mass is 79.9. The van der Waals surface area contributed by atoms with Crippen molar-refractivity contribution >= 4 is 21.9 Å². The van der Waals surface area contributed by atoms with Crippen LogP contribution in [0.15, 0.2) is 10.6 Å². The van der Waals surface area contributed by atoms with Gasteiger partial charge in [-0.25, -0.2) is 0 Å². The average molecular weight is 350 g/mol. The lowest BCUT2D eigenvalue weighted by molar-refractivity contribution is -0.619. The van der Waals surface area contributed by atoms with Crippen LogP contribution in [0.25, 0.3) is 0 Å². The van der Waals surface area contributed by atoms with Gasteiger partial charge in [0.05, 0.1) is 30.5 Å². The minimum Gasteiger partial charge on any atom is -0.480 e. The minimum absolute atomic E-state index is 0.0479. The molecule has 110 valence electrons. The number of nitrogens with zero attached hydrogens (tertiary/aromatic N) is 3. The van der Waals surface area contributed by atoms with E-state index in [9.17, 15) is 25.0 Å². The van der Waals surface area contributed by atoms with Crippen LogP contribution >= 0.6 is 15.9 Å². The van der Waals surface area contributed by atoms with Gasteiger partial charge in [-0.05, 0) is 15.9 Å². The molecule has 2 rings (SSSR count). The largest absolute Gasteiger partial charge is 0.480 e. The maximum Gasteiger partial charge on any atom is 0.317 e. The summed E-state index contributed by atoms with van der Waals surface area (Å²) in [5.74, 6) is -1.16. The molecule has 20 heavy (non-hydrogen) atoms. The molecule has 10 heteroatoms. The van der Waals surface area contributed by atoms with Crippen molar-refractivity contribution in [2.45, 2.75) is 23.9 Å². The van der Waals surface area contributed by atoms with Crippen LogP contribution in [0.3, 0.4) is 0 Å². The lowest BCUT2D eigenvalue weighted by atomic mass is 9.72. The van der Waals surface area contributed by atoms with Gasteiger partial charge >= 0.3 is 5.97 Å². The number of carboxylic acids is 1. The van der Waals surface area contributed by atoms with Gasteiger partial charge in [-0.1, -0.05) is 6.08 Å². The van der Waals surface area contributed by atoms with Gasteiger partial charge < -0.3 is 5.11 Å². The summed E-state index contributed by atoms with van der Waals surface area (Å²) < 4.78 is 0.280. The van der Waals surface area contributed by atoms with E-state index in [1.54, 1.807) is 0 Å². The summed E-state index contributed by atoms with van der Waals surface area (Å²) in [5, 5.41) is 31.6. The number of fused-ring (bicyclic) bond motifs is 2. The Balaban J connectivity index is 2.47. The number of carbonyl (C=O) groups is 1. The lowest BCUT2D eigenvalue weighted by Gasteiger charge is -2.44. The second kappa shape index (κ2) is 4.77. The summed E-state index contributed by atoms with van der Waals surface area (Å²) >= 11 is 3.12. The second-order valence-electron chi connectivity index (χ2n) is 5.24. The van der Waals surface area contributed by atoms with Crippen LogP contribution in [-0.4, -0.2) is 56.5 Å². The van der Waals surface area contributed by atoms with Crippen molar-refractivity contribution in [1.29, 1.82) is 0 Å². The van der Waals surface area contributed by atoms with Crippen molar-refractivity contribution in [2.75, 3.05) is 19.6 Å². The van der Waals surface area contributed by atoms with Crippen molar-refractivity contribution in [2.24, 2.45) is 0 Å². The Bertz CT molecular complexity index is 523. The van der Waals surface area contributed by atoms with Crippen molar-refractivity contribution < 1.29 is 19.7 Å². The van der Waals surface area contributed by atoms with Crippen LogP contribution in [0.1, 0.15) is 12.8 Å². The van der Waals surface area contributed by atoms with Crippen molar-refractivity contribution in [3.8, 4) is 0 Å². The molecular weight excluding hydrogens is 338 g/mol. The number of carboxylic acid groups (broad SMARTS) is 1. The Hall–Kier alpha value is -1.55. The van der Waals surface area contributed by atoms with E-state index in [0.717, 1.165) is 0 Å². The number of hydrogen-bond acceptors (Lipinski definition) is 6. The highest BCUT2D eigenvalue weighted by Crippen LogP contribution is 2.46. The van der Waals surface area contributed by atoms with Crippen molar-refractivity contribution in [1.82, 2.24) is 4.90 Å². The van der Waals surface area contributed by atoms with Gasteiger partial charge in [0.25, 0.3) is 5.54 Å². The first-order valence-corrected chi connectivity index (χ1v) is 6.60. The first-order valence-electron chi connectivity index (χ1n) is 5.81. The Labute approximate surface area is 121 Å². The maximum atomic E-state index is 11.4. The number of aliphatic carboxylic acids is 1. The summed E-state index contributed by atoms with van der Waals surface area (Å²) in [7, 11) is 0. The average Bonchev–Trinajstić information content (AvgIpc) is 2.33. The molecule has 0 amide bonds. The van der Waals surface area contributed by atoms with Crippen LogP contribution in [0, 0.1) is 20.2 Å². The predicted molar refractivity (Wildman–Crippen MR) is 69.8 cm³/mol. The minimum atomic E-state index is -1.64. The van der Waals surface area contributed by atoms with E-state index in [0.29, 0.717) is 0 Å². The maximum absolute atomic E-state index is 11.4. The Morgan fingerprint density at radius 2 is 2.05 bits per heavy atom. The number of hydrogen-bond donors (Lipinski definition) is 1. The zero-order chi connectivity index (χ0) is 15.1. The summed E-state index contributed by atoms with van der Waals surface area (Å²) in [6.07, 6.45) is 1.28. The Kier molecular flexibility index (Phi) is 3.54. The molecule has 0 saturated carbocycles. The summed E-state index contributed by atoms with van der Waals surface area (Å²) in [5.41, 5.74) is -3.14. The molecule has 1 aliphatic heterocycles. The van der Waals surface area contributed by atoms with E-state index >= 15 is 0 Å². The fourth-order valence-electron chi connectivity index (χ4n) is 2.97. The van der Waals surface area contributed by atoms with E-state index < -0.39 is 33.4 Å². The molecular formula is C10H12BrN3O6. The first kappa shape index (κ1) is 14.9. The number of piperidine rings is 1. The standard InChI is InChI=1S/C10H12BrN3O6/c11-7-1-2-9(13(17)18)4-10(7,14(19)20)6-12(5-9)3-8(15)16/h1H,2-6H2,(H,15,16)/t9-,10-/m0/s1. The molecule has 1 aliphatic carbocycles. The van der Waals surface area contributed by atoms with Crippen molar-refractivity contribution in [3.05, 3.63) is 30.8 Å². The summed E-state index contributed by atoms with van der Waals surface area (Å²) in [6.45, 7) is -0.705. The lowest BCUT2D eigenvalue weighted by Crippen LogP contribution is -2.67. The fourth-order valence-corrected chi connectivity index (χ4v) is 3.55. The number of likely N-dealkylation sites (tertiary alicyclic amines) is 1. The molecule has 9 nitrogen and oxygen atoms in total. The van der Waals surface area contributed by atoms with Gasteiger partial charge in [-0.2, -0.15) is 0 Å². The van der Waals surface area contributed by atoms with Gasteiger partial charge in [0.2, 0.25) is 5.54 Å². The molecule has 0 aromatic rings. The normalized spacial score (nSPS) is 33.4.